The van der Waals surface area contributed by atoms with E-state index in [9.17, 15) is 17.6 Å². The minimum absolute atomic E-state index is 0.0311. The highest BCUT2D eigenvalue weighted by molar-refractivity contribution is 7.89. The normalized spacial score (nSPS) is 11.3. The molecule has 0 aliphatic carbocycles. The molecule has 0 aromatic heterocycles. The third-order valence-electron chi connectivity index (χ3n) is 3.14. The maximum atomic E-state index is 13.9. The van der Waals surface area contributed by atoms with Gasteiger partial charge in [0.25, 0.3) is 0 Å². The molecule has 0 aliphatic heterocycles. The molecule has 7 heteroatoms. The van der Waals surface area contributed by atoms with E-state index in [0.717, 1.165) is 6.07 Å². The first-order valence-corrected chi connectivity index (χ1v) is 7.81. The molecule has 2 N–H and O–H groups in total. The number of nitrogens with two attached hydrogens (primary N) is 1. The number of methoxy groups -OCH3 is 1. The maximum absolute atomic E-state index is 13.9. The number of hydrogen-bond donors (Lipinski definition) is 1. The average molecular weight is 323 g/mol. The molecule has 0 saturated carbocycles. The van der Waals surface area contributed by atoms with E-state index in [4.69, 9.17) is 9.88 Å². The Kier molecular flexibility index (Phi) is 4.30. The van der Waals surface area contributed by atoms with Crippen LogP contribution >= 0.6 is 0 Å². The number of ketones is 1. The van der Waals surface area contributed by atoms with Gasteiger partial charge in [0.05, 0.1) is 7.11 Å². The summed E-state index contributed by atoms with van der Waals surface area (Å²) in [6.45, 7) is 1.24. The van der Waals surface area contributed by atoms with E-state index in [1.54, 1.807) is 0 Å². The van der Waals surface area contributed by atoms with E-state index in [1.807, 2.05) is 0 Å². The lowest BCUT2D eigenvalue weighted by Gasteiger charge is -2.12. The number of sulfonamides is 1. The van der Waals surface area contributed by atoms with Crippen LogP contribution < -0.4 is 9.88 Å². The van der Waals surface area contributed by atoms with Crippen molar-refractivity contribution >= 4 is 15.8 Å². The Hall–Kier alpha value is -2.25. The number of carbonyl (C=O) groups excluding carboxylic acids is 1. The van der Waals surface area contributed by atoms with Gasteiger partial charge in [-0.1, -0.05) is 24.3 Å². The predicted molar refractivity (Wildman–Crippen MR) is 79.8 cm³/mol. The van der Waals surface area contributed by atoms with Crippen LogP contribution in [0.15, 0.2) is 41.3 Å². The van der Waals surface area contributed by atoms with Gasteiger partial charge >= 0.3 is 0 Å². The van der Waals surface area contributed by atoms with Gasteiger partial charge in [-0.15, -0.1) is 0 Å². The van der Waals surface area contributed by atoms with E-state index >= 15 is 0 Å². The second-order valence-electron chi connectivity index (χ2n) is 4.63. The Bertz CT molecular complexity index is 847. The van der Waals surface area contributed by atoms with Crippen molar-refractivity contribution in [3.8, 4) is 16.9 Å². The van der Waals surface area contributed by atoms with Gasteiger partial charge in [0, 0.05) is 11.1 Å². The van der Waals surface area contributed by atoms with Gasteiger partial charge < -0.3 is 4.74 Å². The summed E-state index contributed by atoms with van der Waals surface area (Å²) >= 11 is 0. The lowest BCUT2D eigenvalue weighted by Crippen LogP contribution is -2.17. The smallest absolute Gasteiger partial charge is 0.239 e. The molecule has 22 heavy (non-hydrogen) atoms. The SMILES string of the molecule is COc1ccc(-c2cccc(C(C)=O)c2S(N)(=O)=O)cc1F. The summed E-state index contributed by atoms with van der Waals surface area (Å²) in [5.41, 5.74) is 0.415. The van der Waals surface area contributed by atoms with Crippen LogP contribution in [0.25, 0.3) is 11.1 Å². The number of halogens is 1. The predicted octanol–water partition coefficient (Wildman–Crippen LogP) is 2.35. The van der Waals surface area contributed by atoms with Crippen LogP contribution in [0.5, 0.6) is 5.75 Å². The van der Waals surface area contributed by atoms with E-state index in [1.165, 1.54) is 44.4 Å². The fraction of sp³-hybridized carbons (Fsp3) is 0.133. The molecule has 0 aliphatic rings. The molecule has 0 radical (unpaired) electrons. The Morgan fingerprint density at radius 1 is 1.23 bits per heavy atom. The second-order valence-corrected chi connectivity index (χ2v) is 6.13. The first kappa shape index (κ1) is 16.1. The van der Waals surface area contributed by atoms with Crippen molar-refractivity contribution in [3.05, 3.63) is 47.8 Å². The minimum atomic E-state index is -4.16. The molecule has 0 atom stereocenters. The van der Waals surface area contributed by atoms with Gasteiger partial charge in [0.15, 0.2) is 17.3 Å². The van der Waals surface area contributed by atoms with Gasteiger partial charge in [-0.2, -0.15) is 0 Å². The molecule has 2 aromatic rings. The van der Waals surface area contributed by atoms with Gasteiger partial charge in [-0.3, -0.25) is 4.79 Å². The van der Waals surface area contributed by atoms with Crippen LogP contribution in [0.2, 0.25) is 0 Å². The monoisotopic (exact) mass is 323 g/mol. The van der Waals surface area contributed by atoms with Gasteiger partial charge in [0.1, 0.15) is 4.90 Å². The molecule has 0 spiro atoms. The van der Waals surface area contributed by atoms with E-state index in [0.29, 0.717) is 0 Å². The lowest BCUT2D eigenvalue weighted by molar-refractivity contribution is 0.101. The molecule has 0 heterocycles. The van der Waals surface area contributed by atoms with Crippen LogP contribution in [0.1, 0.15) is 17.3 Å². The number of carbonyl (C=O) groups is 1. The number of primary sulfonamides is 1. The zero-order chi connectivity index (χ0) is 16.5. The van der Waals surface area contributed by atoms with Crippen LogP contribution in [0, 0.1) is 5.82 Å². The molecular weight excluding hydrogens is 309 g/mol. The summed E-state index contributed by atoms with van der Waals surface area (Å²) in [6.07, 6.45) is 0. The summed E-state index contributed by atoms with van der Waals surface area (Å²) < 4.78 is 42.4. The Labute approximate surface area is 127 Å². The van der Waals surface area contributed by atoms with Crippen molar-refractivity contribution in [2.75, 3.05) is 7.11 Å². The van der Waals surface area contributed by atoms with Gasteiger partial charge in [-0.05, 0) is 24.6 Å². The molecule has 0 amide bonds. The molecule has 0 unspecified atom stereocenters. The van der Waals surface area contributed by atoms with Crippen LogP contribution in [0.3, 0.4) is 0 Å². The molecule has 2 aromatic carbocycles. The summed E-state index contributed by atoms with van der Waals surface area (Å²) in [6, 6.07) is 8.35. The van der Waals surface area contributed by atoms with Crippen LogP contribution in [-0.2, 0) is 10.0 Å². The molecule has 2 rings (SSSR count). The second kappa shape index (κ2) is 5.86. The van der Waals surface area contributed by atoms with Crippen molar-refractivity contribution in [1.29, 1.82) is 0 Å². The van der Waals surface area contributed by atoms with Crippen molar-refractivity contribution in [2.45, 2.75) is 11.8 Å². The lowest BCUT2D eigenvalue weighted by atomic mass is 10.0. The maximum Gasteiger partial charge on any atom is 0.239 e. The standard InChI is InChI=1S/C15H14FNO4S/c1-9(18)11-4-3-5-12(15(11)22(17,19)20)10-6-7-14(21-2)13(16)8-10/h3-8H,1-2H3,(H2,17,19,20). The van der Waals surface area contributed by atoms with Crippen LogP contribution in [0.4, 0.5) is 4.39 Å². The third-order valence-corrected chi connectivity index (χ3v) is 4.15. The number of rotatable bonds is 4. The Balaban J connectivity index is 2.79. The number of benzene rings is 2. The first-order chi connectivity index (χ1) is 10.3. The highest BCUT2D eigenvalue weighted by Gasteiger charge is 2.22. The molecule has 116 valence electrons. The highest BCUT2D eigenvalue weighted by atomic mass is 32.2. The molecule has 0 saturated heterocycles. The zero-order valence-corrected chi connectivity index (χ0v) is 12.8. The minimum Gasteiger partial charge on any atom is -0.494 e. The van der Waals surface area contributed by atoms with Crippen molar-refractivity contribution in [2.24, 2.45) is 5.14 Å². The fourth-order valence-electron chi connectivity index (χ4n) is 2.18. The van der Waals surface area contributed by atoms with E-state index < -0.39 is 21.6 Å². The third kappa shape index (κ3) is 3.00. The number of ether oxygens (including phenoxy) is 1. The molecule has 0 bridgehead atoms. The van der Waals surface area contributed by atoms with Gasteiger partial charge in [-0.25, -0.2) is 17.9 Å². The van der Waals surface area contributed by atoms with E-state index in [-0.39, 0.29) is 27.3 Å². The Morgan fingerprint density at radius 3 is 2.41 bits per heavy atom. The summed E-state index contributed by atoms with van der Waals surface area (Å²) in [4.78, 5) is 11.3. The van der Waals surface area contributed by atoms with Crippen molar-refractivity contribution in [1.82, 2.24) is 0 Å². The first-order valence-electron chi connectivity index (χ1n) is 6.26. The topological polar surface area (TPSA) is 86.5 Å². The zero-order valence-electron chi connectivity index (χ0n) is 12.0. The quantitative estimate of drug-likeness (QED) is 0.875. The molecule has 5 nitrogen and oxygen atoms in total. The van der Waals surface area contributed by atoms with Crippen molar-refractivity contribution < 1.29 is 22.3 Å². The van der Waals surface area contributed by atoms with E-state index in [2.05, 4.69) is 0 Å². The largest absolute Gasteiger partial charge is 0.494 e. The van der Waals surface area contributed by atoms with Crippen molar-refractivity contribution in [3.63, 3.8) is 0 Å². The molecule has 0 fully saturated rings. The molecular formula is C15H14FNO4S. The van der Waals surface area contributed by atoms with Gasteiger partial charge in [0.2, 0.25) is 10.0 Å². The summed E-state index contributed by atoms with van der Waals surface area (Å²) in [5, 5.41) is 5.23. The fourth-order valence-corrected chi connectivity index (χ4v) is 3.19. The average Bonchev–Trinajstić information content (AvgIpc) is 2.45. The van der Waals surface area contributed by atoms with Crippen LogP contribution in [-0.4, -0.2) is 21.3 Å². The summed E-state index contributed by atoms with van der Waals surface area (Å²) in [5.74, 6) is -1.06. The number of Topliss-reactive ketones (excluding diaryl/α,β-unsaturated/α-hetero) is 1. The highest BCUT2D eigenvalue weighted by Crippen LogP contribution is 2.32. The number of hydrogen-bond acceptors (Lipinski definition) is 4. The summed E-state index contributed by atoms with van der Waals surface area (Å²) in [7, 11) is -2.84. The Morgan fingerprint density at radius 2 is 1.91 bits per heavy atom.